The van der Waals surface area contributed by atoms with Crippen LogP contribution < -0.4 is 10.5 Å². The number of hydrogen-bond acceptors (Lipinski definition) is 5. The molecular weight excluding hydrogens is 246 g/mol. The van der Waals surface area contributed by atoms with Gasteiger partial charge in [-0.1, -0.05) is 12.1 Å². The SMILES string of the molecule is COc1cccc(CN(C)Cc2csc(N)n2)c1. The molecule has 0 saturated heterocycles. The highest BCUT2D eigenvalue weighted by atomic mass is 32.1. The Balaban J connectivity index is 1.96. The van der Waals surface area contributed by atoms with Crippen LogP contribution in [0.2, 0.25) is 0 Å². The van der Waals surface area contributed by atoms with Crippen molar-refractivity contribution in [2.24, 2.45) is 0 Å². The number of ether oxygens (including phenoxy) is 1. The van der Waals surface area contributed by atoms with E-state index in [9.17, 15) is 0 Å². The standard InChI is InChI=1S/C13H17N3OS/c1-16(8-11-9-18-13(14)15-11)7-10-4-3-5-12(6-10)17-2/h3-6,9H,7-8H2,1-2H3,(H2,14,15). The van der Waals surface area contributed by atoms with E-state index in [-0.39, 0.29) is 0 Å². The van der Waals surface area contributed by atoms with Gasteiger partial charge in [-0.15, -0.1) is 11.3 Å². The number of aromatic nitrogens is 1. The fourth-order valence-corrected chi connectivity index (χ4v) is 2.36. The Bertz CT molecular complexity index is 512. The second-order valence-electron chi connectivity index (χ2n) is 4.20. The van der Waals surface area contributed by atoms with E-state index in [2.05, 4.69) is 23.0 Å². The molecule has 0 bridgehead atoms. The number of methoxy groups -OCH3 is 1. The van der Waals surface area contributed by atoms with Crippen LogP contribution in [0.25, 0.3) is 0 Å². The van der Waals surface area contributed by atoms with E-state index in [1.54, 1.807) is 7.11 Å². The monoisotopic (exact) mass is 263 g/mol. The van der Waals surface area contributed by atoms with Crippen molar-refractivity contribution in [1.29, 1.82) is 0 Å². The van der Waals surface area contributed by atoms with Crippen LogP contribution in [0.3, 0.4) is 0 Å². The normalized spacial score (nSPS) is 10.8. The highest BCUT2D eigenvalue weighted by molar-refractivity contribution is 7.13. The summed E-state index contributed by atoms with van der Waals surface area (Å²) in [5.74, 6) is 0.888. The van der Waals surface area contributed by atoms with Crippen molar-refractivity contribution < 1.29 is 4.74 Å². The second-order valence-corrected chi connectivity index (χ2v) is 5.09. The Morgan fingerprint density at radius 2 is 2.22 bits per heavy atom. The van der Waals surface area contributed by atoms with Crippen LogP contribution in [0.4, 0.5) is 5.13 Å². The molecule has 0 aliphatic heterocycles. The summed E-state index contributed by atoms with van der Waals surface area (Å²) in [5, 5.41) is 2.62. The van der Waals surface area contributed by atoms with Crippen LogP contribution in [0, 0.1) is 0 Å². The number of rotatable bonds is 5. The highest BCUT2D eigenvalue weighted by Gasteiger charge is 2.05. The third-order valence-corrected chi connectivity index (χ3v) is 3.31. The zero-order valence-electron chi connectivity index (χ0n) is 10.6. The van der Waals surface area contributed by atoms with Crippen molar-refractivity contribution >= 4 is 16.5 Å². The molecule has 0 saturated carbocycles. The van der Waals surface area contributed by atoms with Crippen molar-refractivity contribution in [3.05, 3.63) is 40.9 Å². The lowest BCUT2D eigenvalue weighted by atomic mass is 10.2. The van der Waals surface area contributed by atoms with Gasteiger partial charge in [-0.05, 0) is 24.7 Å². The first kappa shape index (κ1) is 12.9. The van der Waals surface area contributed by atoms with Crippen molar-refractivity contribution in [2.45, 2.75) is 13.1 Å². The van der Waals surface area contributed by atoms with Gasteiger partial charge in [-0.3, -0.25) is 4.90 Å². The first-order valence-electron chi connectivity index (χ1n) is 5.68. The molecule has 0 aliphatic carbocycles. The predicted octanol–water partition coefficient (Wildman–Crippen LogP) is 2.37. The molecule has 4 nitrogen and oxygen atoms in total. The summed E-state index contributed by atoms with van der Waals surface area (Å²) in [4.78, 5) is 6.45. The summed E-state index contributed by atoms with van der Waals surface area (Å²) < 4.78 is 5.21. The van der Waals surface area contributed by atoms with E-state index in [1.807, 2.05) is 23.6 Å². The van der Waals surface area contributed by atoms with Crippen molar-refractivity contribution in [2.75, 3.05) is 19.9 Å². The third-order valence-electron chi connectivity index (χ3n) is 2.59. The van der Waals surface area contributed by atoms with Crippen molar-refractivity contribution in [3.8, 4) is 5.75 Å². The molecule has 2 rings (SSSR count). The Labute approximate surface area is 111 Å². The first-order valence-corrected chi connectivity index (χ1v) is 6.56. The fourth-order valence-electron chi connectivity index (χ4n) is 1.81. The quantitative estimate of drug-likeness (QED) is 0.899. The number of anilines is 1. The third kappa shape index (κ3) is 3.45. The van der Waals surface area contributed by atoms with Gasteiger partial charge in [0.25, 0.3) is 0 Å². The number of nitrogen functional groups attached to an aromatic ring is 1. The molecule has 96 valence electrons. The smallest absolute Gasteiger partial charge is 0.180 e. The van der Waals surface area contributed by atoms with E-state index in [0.717, 1.165) is 24.5 Å². The minimum absolute atomic E-state index is 0.625. The zero-order valence-corrected chi connectivity index (χ0v) is 11.4. The fraction of sp³-hybridized carbons (Fsp3) is 0.308. The minimum Gasteiger partial charge on any atom is -0.497 e. The summed E-state index contributed by atoms with van der Waals surface area (Å²) >= 11 is 1.48. The van der Waals surface area contributed by atoms with E-state index < -0.39 is 0 Å². The predicted molar refractivity (Wildman–Crippen MR) is 74.7 cm³/mol. The number of nitrogens with zero attached hydrogens (tertiary/aromatic N) is 2. The van der Waals surface area contributed by atoms with Crippen LogP contribution in [0.5, 0.6) is 5.75 Å². The largest absolute Gasteiger partial charge is 0.497 e. The topological polar surface area (TPSA) is 51.4 Å². The summed E-state index contributed by atoms with van der Waals surface area (Å²) in [7, 11) is 3.75. The van der Waals surface area contributed by atoms with E-state index >= 15 is 0 Å². The van der Waals surface area contributed by atoms with Crippen LogP contribution in [-0.2, 0) is 13.1 Å². The van der Waals surface area contributed by atoms with Crippen LogP contribution in [0.15, 0.2) is 29.6 Å². The molecule has 0 spiro atoms. The van der Waals surface area contributed by atoms with E-state index in [1.165, 1.54) is 16.9 Å². The van der Waals surface area contributed by atoms with Gasteiger partial charge in [-0.2, -0.15) is 0 Å². The van der Waals surface area contributed by atoms with E-state index in [0.29, 0.717) is 5.13 Å². The van der Waals surface area contributed by atoms with Crippen molar-refractivity contribution in [1.82, 2.24) is 9.88 Å². The molecule has 0 amide bonds. The van der Waals surface area contributed by atoms with Crippen LogP contribution in [-0.4, -0.2) is 24.0 Å². The van der Waals surface area contributed by atoms with Gasteiger partial charge in [0.05, 0.1) is 12.8 Å². The molecule has 0 radical (unpaired) electrons. The highest BCUT2D eigenvalue weighted by Crippen LogP contribution is 2.16. The molecule has 5 heteroatoms. The molecular formula is C13H17N3OS. The molecule has 2 aromatic rings. The summed E-state index contributed by atoms with van der Waals surface area (Å²) in [6.07, 6.45) is 0. The van der Waals surface area contributed by atoms with Crippen LogP contribution in [0.1, 0.15) is 11.3 Å². The minimum atomic E-state index is 0.625. The molecule has 1 aromatic heterocycles. The average molecular weight is 263 g/mol. The summed E-state index contributed by atoms with van der Waals surface area (Å²) in [5.41, 5.74) is 7.86. The average Bonchev–Trinajstić information content (AvgIpc) is 2.74. The molecule has 1 heterocycles. The number of thiazole rings is 1. The Morgan fingerprint density at radius 3 is 2.89 bits per heavy atom. The molecule has 2 N–H and O–H groups in total. The first-order chi connectivity index (χ1) is 8.67. The molecule has 0 aliphatic rings. The van der Waals surface area contributed by atoms with Gasteiger partial charge in [-0.25, -0.2) is 4.98 Å². The lowest BCUT2D eigenvalue weighted by Gasteiger charge is -2.15. The maximum absolute atomic E-state index is 5.62. The maximum atomic E-state index is 5.62. The van der Waals surface area contributed by atoms with Crippen molar-refractivity contribution in [3.63, 3.8) is 0 Å². The molecule has 0 fully saturated rings. The van der Waals surface area contributed by atoms with Gasteiger partial charge in [0, 0.05) is 18.5 Å². The van der Waals surface area contributed by atoms with Gasteiger partial charge < -0.3 is 10.5 Å². The Morgan fingerprint density at radius 1 is 1.39 bits per heavy atom. The van der Waals surface area contributed by atoms with Gasteiger partial charge in [0.15, 0.2) is 5.13 Å². The number of benzene rings is 1. The summed E-state index contributed by atoms with van der Waals surface area (Å²) in [6.45, 7) is 1.65. The lowest BCUT2D eigenvalue weighted by Crippen LogP contribution is -2.17. The van der Waals surface area contributed by atoms with Crippen LogP contribution >= 0.6 is 11.3 Å². The molecule has 1 aromatic carbocycles. The number of nitrogens with two attached hydrogens (primary N) is 1. The zero-order chi connectivity index (χ0) is 13.0. The van der Waals surface area contributed by atoms with Gasteiger partial charge in [0.2, 0.25) is 0 Å². The molecule has 0 atom stereocenters. The Kier molecular flexibility index (Phi) is 4.17. The van der Waals surface area contributed by atoms with Gasteiger partial charge >= 0.3 is 0 Å². The second kappa shape index (κ2) is 5.84. The van der Waals surface area contributed by atoms with Gasteiger partial charge in [0.1, 0.15) is 5.75 Å². The maximum Gasteiger partial charge on any atom is 0.180 e. The Hall–Kier alpha value is -1.59. The molecule has 18 heavy (non-hydrogen) atoms. The molecule has 0 unspecified atom stereocenters. The summed E-state index contributed by atoms with van der Waals surface area (Å²) in [6, 6.07) is 8.09. The lowest BCUT2D eigenvalue weighted by molar-refractivity contribution is 0.315. The number of hydrogen-bond donors (Lipinski definition) is 1. The van der Waals surface area contributed by atoms with E-state index in [4.69, 9.17) is 10.5 Å².